The first-order valence-electron chi connectivity index (χ1n) is 4.56. The normalized spacial score (nSPS) is 25.4. The van der Waals surface area contributed by atoms with Crippen LogP contribution in [0.4, 0.5) is 13.2 Å². The molecule has 0 amide bonds. The van der Waals surface area contributed by atoms with E-state index in [4.69, 9.17) is 0 Å². The fourth-order valence-corrected chi connectivity index (χ4v) is 2.78. The Morgan fingerprint density at radius 2 is 1.88 bits per heavy atom. The van der Waals surface area contributed by atoms with Gasteiger partial charge in [-0.15, -0.1) is 0 Å². The van der Waals surface area contributed by atoms with Crippen molar-refractivity contribution in [3.05, 3.63) is 42.3 Å². The minimum Gasteiger partial charge on any atom is -0.241 e. The summed E-state index contributed by atoms with van der Waals surface area (Å²) in [4.78, 5) is 0. The van der Waals surface area contributed by atoms with Gasteiger partial charge >= 0.3 is 0 Å². The molecule has 1 aromatic rings. The Balaban J connectivity index is 2.43. The van der Waals surface area contributed by atoms with Gasteiger partial charge in [-0.1, -0.05) is 0 Å². The van der Waals surface area contributed by atoms with Crippen LogP contribution in [0.25, 0.3) is 0 Å². The second kappa shape index (κ2) is 4.02. The molecule has 0 spiro atoms. The van der Waals surface area contributed by atoms with Crippen LogP contribution in [0.3, 0.4) is 0 Å². The van der Waals surface area contributed by atoms with Gasteiger partial charge in [-0.2, -0.15) is 9.19 Å². The van der Waals surface area contributed by atoms with Gasteiger partial charge in [0.05, 0.1) is 6.20 Å². The van der Waals surface area contributed by atoms with Crippen LogP contribution in [0.5, 0.6) is 0 Å². The highest BCUT2D eigenvalue weighted by molar-refractivity contribution is 7.90. The van der Waals surface area contributed by atoms with Crippen LogP contribution in [-0.2, 0) is 10.0 Å². The second-order valence-corrected chi connectivity index (χ2v) is 5.31. The van der Waals surface area contributed by atoms with Crippen LogP contribution in [-0.4, -0.2) is 29.0 Å². The molecule has 8 heteroatoms. The number of rotatable bonds is 2. The van der Waals surface area contributed by atoms with Gasteiger partial charge in [0.2, 0.25) is 0 Å². The molecule has 1 aliphatic rings. The molecule has 0 aromatic carbocycles. The van der Waals surface area contributed by atoms with Crippen molar-refractivity contribution in [3.63, 3.8) is 0 Å². The summed E-state index contributed by atoms with van der Waals surface area (Å²) in [6.07, 6.45) is 0.814. The fourth-order valence-electron chi connectivity index (χ4n) is 1.41. The fraction of sp³-hybridized carbons (Fsp3) is 0.222. The Morgan fingerprint density at radius 1 is 1.24 bits per heavy atom. The molecule has 0 N–H and O–H groups in total. The molecule has 4 nitrogen and oxygen atoms in total. The summed E-state index contributed by atoms with van der Waals surface area (Å²) in [5, 5.41) is 1.62. The summed E-state index contributed by atoms with van der Waals surface area (Å²) in [5.74, 6) is -2.79. The summed E-state index contributed by atoms with van der Waals surface area (Å²) in [5.41, 5.74) is 0. The summed E-state index contributed by atoms with van der Waals surface area (Å²) in [6, 6.07) is 1.32. The third-order valence-corrected chi connectivity index (χ3v) is 4.06. The average Bonchev–Trinajstić information content (AvgIpc) is 2.77. The van der Waals surface area contributed by atoms with E-state index in [-0.39, 0.29) is 0 Å². The number of hydrogen-bond donors (Lipinski definition) is 0. The lowest BCUT2D eigenvalue weighted by Crippen LogP contribution is -2.35. The zero-order chi connectivity index (χ0) is 12.6. The van der Waals surface area contributed by atoms with E-state index in [1.54, 1.807) is 0 Å². The topological polar surface area (TPSA) is 52.0 Å². The first kappa shape index (κ1) is 11.9. The molecule has 0 saturated heterocycles. The molecular weight excluding hydrogens is 257 g/mol. The Hall–Kier alpha value is -1.57. The van der Waals surface area contributed by atoms with Crippen molar-refractivity contribution in [1.82, 2.24) is 9.19 Å². The van der Waals surface area contributed by atoms with Crippen molar-refractivity contribution in [2.75, 3.05) is 0 Å². The highest BCUT2D eigenvalue weighted by atomic mass is 32.2. The number of alkyl halides is 1. The van der Waals surface area contributed by atoms with Crippen LogP contribution >= 0.6 is 0 Å². The number of nitrogens with zero attached hydrogens (tertiary/aromatic N) is 2. The third kappa shape index (κ3) is 1.99. The zero-order valence-electron chi connectivity index (χ0n) is 8.29. The second-order valence-electron chi connectivity index (χ2n) is 3.36. The maximum absolute atomic E-state index is 13.4. The average molecular weight is 264 g/mol. The third-order valence-electron chi connectivity index (χ3n) is 2.24. The van der Waals surface area contributed by atoms with Gasteiger partial charge in [-0.25, -0.2) is 21.6 Å². The molecule has 0 saturated carbocycles. The first-order chi connectivity index (χ1) is 7.93. The largest absolute Gasteiger partial charge is 0.263 e. The van der Waals surface area contributed by atoms with Crippen LogP contribution in [0.1, 0.15) is 0 Å². The number of allylic oxidation sites excluding steroid dienone is 3. The molecule has 1 heterocycles. The molecule has 1 aromatic heterocycles. The summed E-state index contributed by atoms with van der Waals surface area (Å²) in [7, 11) is -4.22. The minimum absolute atomic E-state index is 0.293. The van der Waals surface area contributed by atoms with E-state index in [2.05, 4.69) is 5.10 Å². The Bertz CT molecular complexity index is 577. The summed E-state index contributed by atoms with van der Waals surface area (Å²) in [6.45, 7) is 0. The molecule has 17 heavy (non-hydrogen) atoms. The summed E-state index contributed by atoms with van der Waals surface area (Å²) < 4.78 is 63.2. The van der Waals surface area contributed by atoms with Crippen LogP contribution in [0.15, 0.2) is 42.3 Å². The first-order valence-corrected chi connectivity index (χ1v) is 6.06. The van der Waals surface area contributed by atoms with Crippen molar-refractivity contribution in [3.8, 4) is 0 Å². The van der Waals surface area contributed by atoms with Crippen molar-refractivity contribution in [1.29, 1.82) is 0 Å². The molecule has 92 valence electrons. The smallest absolute Gasteiger partial charge is 0.241 e. The predicted octanol–water partition coefficient (Wildman–Crippen LogP) is 1.49. The van der Waals surface area contributed by atoms with Crippen LogP contribution in [0, 0.1) is 0 Å². The van der Waals surface area contributed by atoms with Gasteiger partial charge in [0, 0.05) is 6.20 Å². The standard InChI is InChI=1S/C9H7F3N2O2S/c10-6-4-8(12)9(5-7(6)11)17(15,16)14-3-1-2-13-14/h1-5,8-9H. The maximum Gasteiger partial charge on any atom is 0.263 e. The quantitative estimate of drug-likeness (QED) is 0.813. The summed E-state index contributed by atoms with van der Waals surface area (Å²) >= 11 is 0. The van der Waals surface area contributed by atoms with Gasteiger partial charge < -0.3 is 0 Å². The lowest BCUT2D eigenvalue weighted by atomic mass is 10.1. The monoisotopic (exact) mass is 264 g/mol. The lowest BCUT2D eigenvalue weighted by Gasteiger charge is -2.18. The molecule has 0 radical (unpaired) electrons. The van der Waals surface area contributed by atoms with Crippen LogP contribution < -0.4 is 0 Å². The number of halogens is 3. The highest BCUT2D eigenvalue weighted by Gasteiger charge is 2.37. The van der Waals surface area contributed by atoms with Gasteiger partial charge in [0.15, 0.2) is 11.7 Å². The molecule has 1 aliphatic carbocycles. The van der Waals surface area contributed by atoms with Gasteiger partial charge in [-0.05, 0) is 18.2 Å². The number of aromatic nitrogens is 2. The molecule has 0 aliphatic heterocycles. The van der Waals surface area contributed by atoms with Gasteiger partial charge in [0.25, 0.3) is 10.0 Å². The molecule has 0 fully saturated rings. The van der Waals surface area contributed by atoms with Crippen molar-refractivity contribution >= 4 is 10.0 Å². The Labute approximate surface area is 95.1 Å². The van der Waals surface area contributed by atoms with E-state index < -0.39 is 33.1 Å². The zero-order valence-corrected chi connectivity index (χ0v) is 9.11. The predicted molar refractivity (Wildman–Crippen MR) is 53.6 cm³/mol. The van der Waals surface area contributed by atoms with Crippen molar-refractivity contribution < 1.29 is 21.6 Å². The van der Waals surface area contributed by atoms with E-state index in [1.807, 2.05) is 0 Å². The SMILES string of the molecule is O=S(=O)(C1C=C(F)C(F)=CC1F)n1cccn1. The highest BCUT2D eigenvalue weighted by Crippen LogP contribution is 2.27. The van der Waals surface area contributed by atoms with E-state index in [9.17, 15) is 21.6 Å². The van der Waals surface area contributed by atoms with Crippen molar-refractivity contribution in [2.45, 2.75) is 11.4 Å². The van der Waals surface area contributed by atoms with Crippen molar-refractivity contribution in [2.24, 2.45) is 0 Å². The molecule has 2 unspecified atom stereocenters. The van der Waals surface area contributed by atoms with E-state index >= 15 is 0 Å². The Kier molecular flexibility index (Phi) is 2.82. The van der Waals surface area contributed by atoms with E-state index in [1.165, 1.54) is 12.3 Å². The number of hydrogen-bond acceptors (Lipinski definition) is 3. The van der Waals surface area contributed by atoms with Gasteiger partial charge in [-0.3, -0.25) is 0 Å². The van der Waals surface area contributed by atoms with E-state index in [0.717, 1.165) is 6.20 Å². The lowest BCUT2D eigenvalue weighted by molar-refractivity contribution is 0.376. The Morgan fingerprint density at radius 3 is 2.47 bits per heavy atom. The molecule has 0 bridgehead atoms. The molecule has 2 rings (SSSR count). The minimum atomic E-state index is -4.22. The maximum atomic E-state index is 13.4. The molecular formula is C9H7F3N2O2S. The molecule has 2 atom stereocenters. The van der Waals surface area contributed by atoms with Gasteiger partial charge in [0.1, 0.15) is 11.4 Å². The van der Waals surface area contributed by atoms with E-state index in [0.29, 0.717) is 16.2 Å². The van der Waals surface area contributed by atoms with Crippen LogP contribution in [0.2, 0.25) is 0 Å².